The van der Waals surface area contributed by atoms with Gasteiger partial charge in [0.15, 0.2) is 0 Å². The Morgan fingerprint density at radius 3 is 2.53 bits per heavy atom. The van der Waals surface area contributed by atoms with Gasteiger partial charge in [0.2, 0.25) is 5.78 Å². The number of rotatable bonds is 4. The molecule has 0 saturated heterocycles. The summed E-state index contributed by atoms with van der Waals surface area (Å²) in [5.74, 6) is 0.785. The van der Waals surface area contributed by atoms with E-state index in [9.17, 15) is 9.59 Å². The van der Waals surface area contributed by atoms with E-state index in [-0.39, 0.29) is 0 Å². The zero-order valence-electron chi connectivity index (χ0n) is 9.24. The molecule has 1 heterocycles. The van der Waals surface area contributed by atoms with Crippen LogP contribution in [0.25, 0.3) is 0 Å². The van der Waals surface area contributed by atoms with Gasteiger partial charge in [0.25, 0.3) is 5.91 Å². The first kappa shape index (κ1) is 11.5. The molecule has 4 nitrogen and oxygen atoms in total. The lowest BCUT2D eigenvalue weighted by molar-refractivity contribution is -0.142. The quantitative estimate of drug-likeness (QED) is 0.699. The summed E-state index contributed by atoms with van der Waals surface area (Å²) in [5.41, 5.74) is 0. The first-order valence-electron chi connectivity index (χ1n) is 4.82. The third kappa shape index (κ3) is 3.23. The van der Waals surface area contributed by atoms with Gasteiger partial charge in [0.05, 0.1) is 0 Å². The third-order valence-corrected chi connectivity index (χ3v) is 2.14. The first-order valence-corrected chi connectivity index (χ1v) is 4.82. The molecule has 0 fully saturated rings. The van der Waals surface area contributed by atoms with Gasteiger partial charge in [-0.15, -0.1) is 0 Å². The smallest absolute Gasteiger partial charge is 0.289 e. The molecule has 1 aromatic heterocycles. The maximum atomic E-state index is 11.2. The van der Waals surface area contributed by atoms with Gasteiger partial charge < -0.3 is 9.32 Å². The van der Waals surface area contributed by atoms with Crippen molar-refractivity contribution in [3.8, 4) is 0 Å². The largest absolute Gasteiger partial charge is 0.466 e. The molecule has 0 radical (unpaired) electrons. The second-order valence-corrected chi connectivity index (χ2v) is 3.55. The van der Waals surface area contributed by atoms with Crippen LogP contribution >= 0.6 is 0 Å². The van der Waals surface area contributed by atoms with Crippen LogP contribution in [0.3, 0.4) is 0 Å². The molecular weight excluding hydrogens is 194 g/mol. The second kappa shape index (κ2) is 4.77. The molecule has 0 aliphatic rings. The lowest BCUT2D eigenvalue weighted by atomic mass is 10.3. The van der Waals surface area contributed by atoms with Crippen LogP contribution < -0.4 is 0 Å². The van der Waals surface area contributed by atoms with E-state index >= 15 is 0 Å². The molecule has 82 valence electrons. The predicted octanol–water partition coefficient (Wildman–Crippen LogP) is 1.18. The Hall–Kier alpha value is -1.58. The third-order valence-electron chi connectivity index (χ3n) is 2.14. The molecule has 1 amide bonds. The Morgan fingerprint density at radius 2 is 2.07 bits per heavy atom. The molecule has 0 unspecified atom stereocenters. The highest BCUT2D eigenvalue weighted by molar-refractivity contribution is 6.34. The monoisotopic (exact) mass is 209 g/mol. The summed E-state index contributed by atoms with van der Waals surface area (Å²) < 4.78 is 5.35. The van der Waals surface area contributed by atoms with Crippen LogP contribution in [0.1, 0.15) is 18.4 Å². The van der Waals surface area contributed by atoms with Gasteiger partial charge in [0, 0.05) is 26.9 Å². The normalized spacial score (nSPS) is 10.1. The standard InChI is InChI=1S/C11H15NO3/c1-8-4-5-10(15-8)6-7-12(3)11(14)9(2)13/h4-5H,6-7H2,1-3H3. The lowest BCUT2D eigenvalue weighted by Crippen LogP contribution is -2.33. The average Bonchev–Trinajstić information content (AvgIpc) is 2.59. The molecule has 0 spiro atoms. The van der Waals surface area contributed by atoms with Gasteiger partial charge in [-0.05, 0) is 19.1 Å². The number of aryl methyl sites for hydroxylation is 1. The Balaban J connectivity index is 2.44. The van der Waals surface area contributed by atoms with Crippen LogP contribution in [0.5, 0.6) is 0 Å². The molecule has 1 aromatic rings. The van der Waals surface area contributed by atoms with Gasteiger partial charge in [-0.3, -0.25) is 9.59 Å². The predicted molar refractivity (Wildman–Crippen MR) is 55.5 cm³/mol. The molecule has 0 saturated carbocycles. The minimum Gasteiger partial charge on any atom is -0.466 e. The van der Waals surface area contributed by atoms with Crippen LogP contribution in [-0.4, -0.2) is 30.2 Å². The van der Waals surface area contributed by atoms with Gasteiger partial charge >= 0.3 is 0 Å². The van der Waals surface area contributed by atoms with Gasteiger partial charge in [-0.25, -0.2) is 0 Å². The minimum absolute atomic E-state index is 0.437. The SMILES string of the molecule is CC(=O)C(=O)N(C)CCc1ccc(C)o1. The lowest BCUT2D eigenvalue weighted by Gasteiger charge is -2.13. The molecule has 0 aliphatic carbocycles. The van der Waals surface area contributed by atoms with E-state index in [4.69, 9.17) is 4.42 Å². The van der Waals surface area contributed by atoms with Crippen LogP contribution in [0, 0.1) is 6.92 Å². The Labute approximate surface area is 88.9 Å². The molecule has 0 N–H and O–H groups in total. The van der Waals surface area contributed by atoms with Crippen molar-refractivity contribution in [2.45, 2.75) is 20.3 Å². The number of carbonyl (C=O) groups excluding carboxylic acids is 2. The zero-order valence-corrected chi connectivity index (χ0v) is 9.24. The summed E-state index contributed by atoms with van der Waals surface area (Å²) in [6.45, 7) is 3.63. The number of amides is 1. The molecule has 15 heavy (non-hydrogen) atoms. The number of ketones is 1. The molecular formula is C11H15NO3. The van der Waals surface area contributed by atoms with Crippen molar-refractivity contribution in [3.05, 3.63) is 23.7 Å². The van der Waals surface area contributed by atoms with E-state index in [1.165, 1.54) is 11.8 Å². The van der Waals surface area contributed by atoms with Crippen molar-refractivity contribution >= 4 is 11.7 Å². The number of carbonyl (C=O) groups is 2. The van der Waals surface area contributed by atoms with Gasteiger partial charge in [-0.1, -0.05) is 0 Å². The van der Waals surface area contributed by atoms with Crippen molar-refractivity contribution in [1.29, 1.82) is 0 Å². The van der Waals surface area contributed by atoms with Crippen molar-refractivity contribution in [2.24, 2.45) is 0 Å². The van der Waals surface area contributed by atoms with E-state index in [2.05, 4.69) is 0 Å². The Kier molecular flexibility index (Phi) is 3.66. The molecule has 4 heteroatoms. The van der Waals surface area contributed by atoms with E-state index < -0.39 is 11.7 Å². The van der Waals surface area contributed by atoms with Gasteiger partial charge in [-0.2, -0.15) is 0 Å². The molecule has 0 bridgehead atoms. The summed E-state index contributed by atoms with van der Waals surface area (Å²) in [5, 5.41) is 0. The highest BCUT2D eigenvalue weighted by Crippen LogP contribution is 2.07. The summed E-state index contributed by atoms with van der Waals surface area (Å²) >= 11 is 0. The van der Waals surface area contributed by atoms with Crippen LogP contribution in [0.4, 0.5) is 0 Å². The summed E-state index contributed by atoms with van der Waals surface area (Å²) in [6, 6.07) is 3.75. The fraction of sp³-hybridized carbons (Fsp3) is 0.455. The average molecular weight is 209 g/mol. The van der Waals surface area contributed by atoms with Crippen LogP contribution in [0.15, 0.2) is 16.5 Å². The van der Waals surface area contributed by atoms with Crippen molar-refractivity contribution in [3.63, 3.8) is 0 Å². The number of likely N-dealkylation sites (N-methyl/N-ethyl adjacent to an activating group) is 1. The number of hydrogen-bond acceptors (Lipinski definition) is 3. The van der Waals surface area contributed by atoms with Crippen molar-refractivity contribution < 1.29 is 14.0 Å². The Morgan fingerprint density at radius 1 is 1.40 bits per heavy atom. The maximum Gasteiger partial charge on any atom is 0.289 e. The minimum atomic E-state index is -0.460. The summed E-state index contributed by atoms with van der Waals surface area (Å²) in [6.07, 6.45) is 0.628. The first-order chi connectivity index (χ1) is 7.00. The molecule has 0 aromatic carbocycles. The highest BCUT2D eigenvalue weighted by atomic mass is 16.3. The van der Waals surface area contributed by atoms with E-state index in [1.807, 2.05) is 19.1 Å². The number of Topliss-reactive ketones (excluding diaryl/α,β-unsaturated/α-hetero) is 1. The van der Waals surface area contributed by atoms with Gasteiger partial charge in [0.1, 0.15) is 11.5 Å². The number of furan rings is 1. The van der Waals surface area contributed by atoms with E-state index in [0.717, 1.165) is 11.5 Å². The van der Waals surface area contributed by atoms with Crippen LogP contribution in [-0.2, 0) is 16.0 Å². The number of hydrogen-bond donors (Lipinski definition) is 0. The number of nitrogens with zero attached hydrogens (tertiary/aromatic N) is 1. The van der Waals surface area contributed by atoms with Crippen molar-refractivity contribution in [1.82, 2.24) is 4.90 Å². The maximum absolute atomic E-state index is 11.2. The zero-order chi connectivity index (χ0) is 11.4. The highest BCUT2D eigenvalue weighted by Gasteiger charge is 2.13. The Bertz CT molecular complexity index is 368. The summed E-state index contributed by atoms with van der Waals surface area (Å²) in [4.78, 5) is 23.4. The molecule has 1 rings (SSSR count). The molecule has 0 aliphatic heterocycles. The van der Waals surface area contributed by atoms with Crippen molar-refractivity contribution in [2.75, 3.05) is 13.6 Å². The summed E-state index contributed by atoms with van der Waals surface area (Å²) in [7, 11) is 1.61. The van der Waals surface area contributed by atoms with E-state index in [0.29, 0.717) is 13.0 Å². The second-order valence-electron chi connectivity index (χ2n) is 3.55. The van der Waals surface area contributed by atoms with Crippen LogP contribution in [0.2, 0.25) is 0 Å². The fourth-order valence-electron chi connectivity index (χ4n) is 1.27. The fourth-order valence-corrected chi connectivity index (χ4v) is 1.27. The topological polar surface area (TPSA) is 50.5 Å². The van der Waals surface area contributed by atoms with E-state index in [1.54, 1.807) is 7.05 Å². The molecule has 0 atom stereocenters.